The molecule has 6 heteroatoms. The van der Waals surface area contributed by atoms with E-state index in [0.717, 1.165) is 18.7 Å². The summed E-state index contributed by atoms with van der Waals surface area (Å²) in [5.41, 5.74) is 0.868. The largest absolute Gasteiger partial charge is 0.379 e. The number of H-pyrrole nitrogens is 1. The first kappa shape index (κ1) is 12.4. The minimum atomic E-state index is 0.141. The van der Waals surface area contributed by atoms with Gasteiger partial charge >= 0.3 is 0 Å². The van der Waals surface area contributed by atoms with Gasteiger partial charge in [-0.15, -0.1) is 0 Å². The van der Waals surface area contributed by atoms with Gasteiger partial charge in [0.1, 0.15) is 0 Å². The predicted octanol–water partition coefficient (Wildman–Crippen LogP) is 1.55. The summed E-state index contributed by atoms with van der Waals surface area (Å²) in [5.74, 6) is 1.39. The van der Waals surface area contributed by atoms with Crippen LogP contribution in [0, 0.1) is 0 Å². The highest BCUT2D eigenvalue weighted by molar-refractivity contribution is 5.47. The quantitative estimate of drug-likeness (QED) is 0.855. The molecule has 19 heavy (non-hydrogen) atoms. The fourth-order valence-electron chi connectivity index (χ4n) is 2.29. The molecule has 3 heterocycles. The lowest BCUT2D eigenvalue weighted by Crippen LogP contribution is -2.34. The molecule has 2 aromatic rings. The number of hydrogen-bond donors (Lipinski definition) is 2. The van der Waals surface area contributed by atoms with Crippen LogP contribution in [-0.4, -0.2) is 40.9 Å². The Balaban J connectivity index is 1.75. The monoisotopic (exact) mass is 262 g/mol. The molecule has 1 aliphatic rings. The van der Waals surface area contributed by atoms with Crippen LogP contribution in [0.15, 0.2) is 22.9 Å². The molecule has 1 fully saturated rings. The topological polar surface area (TPSA) is 76.0 Å². The molecule has 0 amide bonds. The first-order valence-corrected chi connectivity index (χ1v) is 6.67. The van der Waals surface area contributed by atoms with Crippen molar-refractivity contribution in [2.45, 2.75) is 25.3 Å². The van der Waals surface area contributed by atoms with Crippen LogP contribution >= 0.6 is 0 Å². The zero-order chi connectivity index (χ0) is 13.1. The van der Waals surface area contributed by atoms with Crippen molar-refractivity contribution in [1.29, 1.82) is 0 Å². The summed E-state index contributed by atoms with van der Waals surface area (Å²) in [6.07, 6.45) is 2.94. The Morgan fingerprint density at radius 1 is 1.47 bits per heavy atom. The highest BCUT2D eigenvalue weighted by atomic mass is 16.5. The molecule has 6 nitrogen and oxygen atoms in total. The molecule has 0 saturated carbocycles. The summed E-state index contributed by atoms with van der Waals surface area (Å²) in [4.78, 5) is 7.53. The van der Waals surface area contributed by atoms with Crippen LogP contribution in [0.3, 0.4) is 0 Å². The molecule has 102 valence electrons. The van der Waals surface area contributed by atoms with E-state index in [4.69, 9.17) is 9.26 Å². The van der Waals surface area contributed by atoms with Crippen molar-refractivity contribution < 1.29 is 9.26 Å². The molecule has 2 aromatic heterocycles. The average molecular weight is 262 g/mol. The maximum Gasteiger partial charge on any atom is 0.234 e. The van der Waals surface area contributed by atoms with Gasteiger partial charge in [-0.1, -0.05) is 12.1 Å². The van der Waals surface area contributed by atoms with E-state index in [2.05, 4.69) is 27.4 Å². The first-order chi connectivity index (χ1) is 9.38. The second kappa shape index (κ2) is 5.54. The van der Waals surface area contributed by atoms with E-state index in [9.17, 15) is 0 Å². The van der Waals surface area contributed by atoms with Crippen LogP contribution in [-0.2, 0) is 4.74 Å². The number of hydrogen-bond acceptors (Lipinski definition) is 5. The first-order valence-electron chi connectivity index (χ1n) is 6.67. The molecule has 3 rings (SSSR count). The molecule has 0 aliphatic carbocycles. The van der Waals surface area contributed by atoms with E-state index in [1.165, 1.54) is 0 Å². The van der Waals surface area contributed by atoms with Gasteiger partial charge in [0.15, 0.2) is 0 Å². The van der Waals surface area contributed by atoms with Crippen molar-refractivity contribution in [3.8, 4) is 11.5 Å². The van der Waals surface area contributed by atoms with Gasteiger partial charge in [0.2, 0.25) is 11.7 Å². The number of nitrogens with zero attached hydrogens (tertiary/aromatic N) is 2. The lowest BCUT2D eigenvalue weighted by Gasteiger charge is -2.14. The number of nitrogens with one attached hydrogen (secondary N) is 2. The Morgan fingerprint density at radius 2 is 2.42 bits per heavy atom. The summed E-state index contributed by atoms with van der Waals surface area (Å²) in [7, 11) is 0. The Labute approximate surface area is 111 Å². The second-order valence-corrected chi connectivity index (χ2v) is 4.74. The Bertz CT molecular complexity index is 508. The zero-order valence-corrected chi connectivity index (χ0v) is 10.9. The molecular formula is C13H18N4O2. The van der Waals surface area contributed by atoms with Gasteiger partial charge in [0.05, 0.1) is 24.8 Å². The summed E-state index contributed by atoms with van der Waals surface area (Å²) in [6, 6.07) is 4.10. The van der Waals surface area contributed by atoms with Crippen molar-refractivity contribution in [2.75, 3.05) is 19.8 Å². The van der Waals surface area contributed by atoms with Gasteiger partial charge < -0.3 is 19.6 Å². The molecule has 1 aliphatic heterocycles. The predicted molar refractivity (Wildman–Crippen MR) is 69.7 cm³/mol. The highest BCUT2D eigenvalue weighted by Gasteiger charge is 2.33. The number of rotatable bonds is 5. The Hall–Kier alpha value is -1.66. The number of aromatic nitrogens is 3. The van der Waals surface area contributed by atoms with Gasteiger partial charge in [0.25, 0.3) is 0 Å². The second-order valence-electron chi connectivity index (χ2n) is 4.74. The standard InChI is InChI=1S/C13H18N4O2/c1-2-5-14-11-8-18-7-9(11)13-16-12(17-19-13)10-4-3-6-15-10/h3-4,6,9,11,14-15H,2,5,7-8H2,1H3. The van der Waals surface area contributed by atoms with Gasteiger partial charge in [-0.3, -0.25) is 0 Å². The third kappa shape index (κ3) is 2.54. The summed E-state index contributed by atoms with van der Waals surface area (Å²) >= 11 is 0. The third-order valence-electron chi connectivity index (χ3n) is 3.33. The number of aromatic amines is 1. The molecule has 2 atom stereocenters. The highest BCUT2D eigenvalue weighted by Crippen LogP contribution is 2.26. The average Bonchev–Trinajstić information content (AvgIpc) is 3.14. The molecule has 2 N–H and O–H groups in total. The molecule has 0 spiro atoms. The number of ether oxygens (including phenoxy) is 1. The van der Waals surface area contributed by atoms with E-state index >= 15 is 0 Å². The van der Waals surface area contributed by atoms with Gasteiger partial charge in [-0.05, 0) is 25.1 Å². The summed E-state index contributed by atoms with van der Waals surface area (Å²) < 4.78 is 10.9. The van der Waals surface area contributed by atoms with E-state index in [-0.39, 0.29) is 12.0 Å². The molecule has 0 radical (unpaired) electrons. The Kier molecular flexibility index (Phi) is 3.61. The van der Waals surface area contributed by atoms with Crippen LogP contribution in [0.1, 0.15) is 25.2 Å². The minimum Gasteiger partial charge on any atom is -0.379 e. The van der Waals surface area contributed by atoms with Crippen LogP contribution in [0.5, 0.6) is 0 Å². The van der Waals surface area contributed by atoms with Crippen LogP contribution in [0.25, 0.3) is 11.5 Å². The molecule has 0 bridgehead atoms. The van der Waals surface area contributed by atoms with E-state index in [1.807, 2.05) is 18.3 Å². The van der Waals surface area contributed by atoms with Crippen molar-refractivity contribution in [2.24, 2.45) is 0 Å². The third-order valence-corrected chi connectivity index (χ3v) is 3.33. The lowest BCUT2D eigenvalue weighted by molar-refractivity contribution is 0.184. The molecule has 2 unspecified atom stereocenters. The van der Waals surface area contributed by atoms with Crippen LogP contribution in [0.4, 0.5) is 0 Å². The normalized spacial score (nSPS) is 23.0. The fraction of sp³-hybridized carbons (Fsp3) is 0.538. The van der Waals surface area contributed by atoms with Crippen molar-refractivity contribution in [1.82, 2.24) is 20.4 Å². The maximum atomic E-state index is 5.52. The van der Waals surface area contributed by atoms with Crippen LogP contribution in [0.2, 0.25) is 0 Å². The van der Waals surface area contributed by atoms with Crippen molar-refractivity contribution in [3.63, 3.8) is 0 Å². The van der Waals surface area contributed by atoms with Gasteiger partial charge in [-0.2, -0.15) is 4.98 Å². The zero-order valence-electron chi connectivity index (χ0n) is 10.9. The van der Waals surface area contributed by atoms with Crippen LogP contribution < -0.4 is 5.32 Å². The van der Waals surface area contributed by atoms with E-state index in [1.54, 1.807) is 0 Å². The van der Waals surface area contributed by atoms with E-state index in [0.29, 0.717) is 24.9 Å². The Morgan fingerprint density at radius 3 is 3.21 bits per heavy atom. The van der Waals surface area contributed by atoms with Gasteiger partial charge in [0, 0.05) is 12.2 Å². The lowest BCUT2D eigenvalue weighted by atomic mass is 10.0. The van der Waals surface area contributed by atoms with Crippen molar-refractivity contribution >= 4 is 0 Å². The van der Waals surface area contributed by atoms with Gasteiger partial charge in [-0.25, -0.2) is 0 Å². The summed E-state index contributed by atoms with van der Waals surface area (Å²) in [5, 5.41) is 7.48. The molecule has 1 saturated heterocycles. The summed E-state index contributed by atoms with van der Waals surface area (Å²) in [6.45, 7) is 4.45. The molecular weight excluding hydrogens is 244 g/mol. The maximum absolute atomic E-state index is 5.52. The fourth-order valence-corrected chi connectivity index (χ4v) is 2.29. The smallest absolute Gasteiger partial charge is 0.234 e. The minimum absolute atomic E-state index is 0.141. The van der Waals surface area contributed by atoms with E-state index < -0.39 is 0 Å². The molecule has 0 aromatic carbocycles. The SMILES string of the molecule is CCCNC1COCC1c1nc(-c2ccc[nH]2)no1. The van der Waals surface area contributed by atoms with Crippen molar-refractivity contribution in [3.05, 3.63) is 24.2 Å².